The first kappa shape index (κ1) is 15.4. The third-order valence-corrected chi connectivity index (χ3v) is 4.09. The maximum absolute atomic E-state index is 12.6. The van der Waals surface area contributed by atoms with E-state index in [1.54, 1.807) is 18.3 Å². The summed E-state index contributed by atoms with van der Waals surface area (Å²) >= 11 is 6.03. The number of rotatable bonds is 3. The maximum atomic E-state index is 12.6. The van der Waals surface area contributed by atoms with E-state index >= 15 is 0 Å². The van der Waals surface area contributed by atoms with E-state index < -0.39 is 0 Å². The molecular formula is C20H14ClN3O. The molecule has 25 heavy (non-hydrogen) atoms. The fourth-order valence-corrected chi connectivity index (χ4v) is 2.93. The summed E-state index contributed by atoms with van der Waals surface area (Å²) in [4.78, 5) is 17.0. The highest BCUT2D eigenvalue weighted by Gasteiger charge is 2.12. The number of fused-ring (bicyclic) bond motifs is 1. The lowest BCUT2D eigenvalue weighted by atomic mass is 10.2. The zero-order valence-electron chi connectivity index (χ0n) is 13.2. The molecule has 0 saturated carbocycles. The van der Waals surface area contributed by atoms with Gasteiger partial charge in [0.1, 0.15) is 11.5 Å². The SMILES string of the molecule is O=c1cc(Nc2ccccc2)n(-c2ccccc2)c2ncc(Cl)cc12. The lowest BCUT2D eigenvalue weighted by molar-refractivity contribution is 1.07. The maximum Gasteiger partial charge on any atom is 0.193 e. The minimum absolute atomic E-state index is 0.129. The molecule has 0 radical (unpaired) electrons. The molecular weight excluding hydrogens is 334 g/mol. The molecule has 4 nitrogen and oxygen atoms in total. The molecule has 5 heteroatoms. The molecule has 0 spiro atoms. The summed E-state index contributed by atoms with van der Waals surface area (Å²) < 4.78 is 1.92. The van der Waals surface area contributed by atoms with Gasteiger partial charge in [0.05, 0.1) is 10.4 Å². The van der Waals surface area contributed by atoms with Crippen LogP contribution in [0.1, 0.15) is 0 Å². The van der Waals surface area contributed by atoms with Crippen LogP contribution in [0.25, 0.3) is 16.7 Å². The fraction of sp³-hybridized carbons (Fsp3) is 0. The van der Waals surface area contributed by atoms with Gasteiger partial charge in [0.15, 0.2) is 5.43 Å². The number of benzene rings is 2. The lowest BCUT2D eigenvalue weighted by Crippen LogP contribution is -2.13. The van der Waals surface area contributed by atoms with Gasteiger partial charge in [-0.2, -0.15) is 0 Å². The molecule has 0 amide bonds. The van der Waals surface area contributed by atoms with Crippen molar-refractivity contribution in [3.8, 4) is 5.69 Å². The van der Waals surface area contributed by atoms with Crippen LogP contribution in [-0.4, -0.2) is 9.55 Å². The predicted octanol–water partition coefficient (Wildman–Crippen LogP) is 4.78. The Balaban J connectivity index is 2.01. The molecule has 4 rings (SSSR count). The molecule has 2 aromatic heterocycles. The third kappa shape index (κ3) is 2.99. The number of nitrogens with one attached hydrogen (secondary N) is 1. The summed E-state index contributed by atoms with van der Waals surface area (Å²) in [5, 5.41) is 4.23. The van der Waals surface area contributed by atoms with Gasteiger partial charge in [-0.3, -0.25) is 9.36 Å². The van der Waals surface area contributed by atoms with Crippen molar-refractivity contribution in [3.05, 3.63) is 94.2 Å². The summed E-state index contributed by atoms with van der Waals surface area (Å²) in [7, 11) is 0. The monoisotopic (exact) mass is 347 g/mol. The van der Waals surface area contributed by atoms with Gasteiger partial charge in [-0.15, -0.1) is 0 Å². The number of hydrogen-bond acceptors (Lipinski definition) is 3. The Kier molecular flexibility index (Phi) is 3.96. The Morgan fingerprint density at radius 3 is 2.32 bits per heavy atom. The molecule has 0 fully saturated rings. The summed E-state index contributed by atoms with van der Waals surface area (Å²) in [5.74, 6) is 0.643. The van der Waals surface area contributed by atoms with Gasteiger partial charge in [-0.25, -0.2) is 4.98 Å². The van der Waals surface area contributed by atoms with Gasteiger partial charge < -0.3 is 5.32 Å². The second kappa shape index (κ2) is 6.42. The molecule has 0 bridgehead atoms. The zero-order valence-corrected chi connectivity index (χ0v) is 13.9. The number of aromatic nitrogens is 2. The Labute approximate surface area is 149 Å². The van der Waals surface area contributed by atoms with Crippen molar-refractivity contribution in [1.29, 1.82) is 0 Å². The highest BCUT2D eigenvalue weighted by molar-refractivity contribution is 6.31. The van der Waals surface area contributed by atoms with Crippen LogP contribution < -0.4 is 10.7 Å². The molecule has 2 heterocycles. The zero-order chi connectivity index (χ0) is 17.2. The number of para-hydroxylation sites is 2. The Morgan fingerprint density at radius 2 is 1.60 bits per heavy atom. The average molecular weight is 348 g/mol. The smallest absolute Gasteiger partial charge is 0.193 e. The summed E-state index contributed by atoms with van der Waals surface area (Å²) in [5.41, 5.74) is 2.22. The minimum Gasteiger partial charge on any atom is -0.341 e. The van der Waals surface area contributed by atoms with Gasteiger partial charge >= 0.3 is 0 Å². The van der Waals surface area contributed by atoms with E-state index in [2.05, 4.69) is 10.3 Å². The van der Waals surface area contributed by atoms with Crippen molar-refractivity contribution in [2.75, 3.05) is 5.32 Å². The number of hydrogen-bond donors (Lipinski definition) is 1. The van der Waals surface area contributed by atoms with E-state index in [-0.39, 0.29) is 5.43 Å². The van der Waals surface area contributed by atoms with E-state index in [1.165, 1.54) is 0 Å². The van der Waals surface area contributed by atoms with Gasteiger partial charge in [0.25, 0.3) is 0 Å². The van der Waals surface area contributed by atoms with Crippen LogP contribution in [0.3, 0.4) is 0 Å². The number of anilines is 2. The van der Waals surface area contributed by atoms with Gasteiger partial charge in [-0.1, -0.05) is 48.0 Å². The second-order valence-electron chi connectivity index (χ2n) is 5.58. The quantitative estimate of drug-likeness (QED) is 0.580. The molecule has 0 aliphatic rings. The topological polar surface area (TPSA) is 46.9 Å². The fourth-order valence-electron chi connectivity index (χ4n) is 2.77. The third-order valence-electron chi connectivity index (χ3n) is 3.88. The van der Waals surface area contributed by atoms with E-state index in [1.807, 2.05) is 65.2 Å². The number of halogens is 1. The molecule has 0 unspecified atom stereocenters. The van der Waals surface area contributed by atoms with Crippen LogP contribution >= 0.6 is 11.6 Å². The van der Waals surface area contributed by atoms with Crippen LogP contribution in [0.15, 0.2) is 83.8 Å². The number of nitrogens with zero attached hydrogens (tertiary/aromatic N) is 2. The predicted molar refractivity (Wildman–Crippen MR) is 102 cm³/mol. The standard InChI is InChI=1S/C20H14ClN3O/c21-14-11-17-18(25)12-19(23-15-7-3-1-4-8-15)24(20(17)22-13-14)16-9-5-2-6-10-16/h1-13,23H. The molecule has 0 atom stereocenters. The molecule has 2 aromatic carbocycles. The normalized spacial score (nSPS) is 10.8. The second-order valence-corrected chi connectivity index (χ2v) is 6.02. The van der Waals surface area contributed by atoms with Crippen molar-refractivity contribution in [2.45, 2.75) is 0 Å². The Morgan fingerprint density at radius 1 is 0.920 bits per heavy atom. The van der Waals surface area contributed by atoms with Gasteiger partial charge in [-0.05, 0) is 30.3 Å². The van der Waals surface area contributed by atoms with Crippen molar-refractivity contribution < 1.29 is 0 Å². The minimum atomic E-state index is -0.129. The number of pyridine rings is 2. The first-order chi connectivity index (χ1) is 12.2. The van der Waals surface area contributed by atoms with Crippen molar-refractivity contribution >= 4 is 34.1 Å². The lowest BCUT2D eigenvalue weighted by Gasteiger charge is -2.17. The summed E-state index contributed by atoms with van der Waals surface area (Å²) in [6, 6.07) is 22.7. The van der Waals surface area contributed by atoms with Gasteiger partial charge in [0, 0.05) is 23.6 Å². The van der Waals surface area contributed by atoms with Crippen LogP contribution in [0.2, 0.25) is 5.02 Å². The average Bonchev–Trinajstić information content (AvgIpc) is 2.64. The highest BCUT2D eigenvalue weighted by atomic mass is 35.5. The summed E-state index contributed by atoms with van der Waals surface area (Å²) in [6.45, 7) is 0. The van der Waals surface area contributed by atoms with Crippen molar-refractivity contribution in [2.24, 2.45) is 0 Å². The van der Waals surface area contributed by atoms with Crippen molar-refractivity contribution in [3.63, 3.8) is 0 Å². The largest absolute Gasteiger partial charge is 0.341 e. The molecule has 0 aliphatic heterocycles. The van der Waals surface area contributed by atoms with E-state index in [0.717, 1.165) is 11.4 Å². The van der Waals surface area contributed by atoms with E-state index in [4.69, 9.17) is 11.6 Å². The highest BCUT2D eigenvalue weighted by Crippen LogP contribution is 2.25. The van der Waals surface area contributed by atoms with Crippen LogP contribution in [-0.2, 0) is 0 Å². The van der Waals surface area contributed by atoms with Crippen LogP contribution in [0.4, 0.5) is 11.5 Å². The Hall–Kier alpha value is -3.11. The molecule has 0 saturated heterocycles. The first-order valence-electron chi connectivity index (χ1n) is 7.81. The van der Waals surface area contributed by atoms with E-state index in [9.17, 15) is 4.79 Å². The molecule has 4 aromatic rings. The van der Waals surface area contributed by atoms with Gasteiger partial charge in [0.2, 0.25) is 0 Å². The van der Waals surface area contributed by atoms with Crippen molar-refractivity contribution in [1.82, 2.24) is 9.55 Å². The van der Waals surface area contributed by atoms with Crippen LogP contribution in [0, 0.1) is 0 Å². The molecule has 1 N–H and O–H groups in total. The first-order valence-corrected chi connectivity index (χ1v) is 8.19. The Bertz CT molecular complexity index is 1090. The van der Waals surface area contributed by atoms with Crippen LogP contribution in [0.5, 0.6) is 0 Å². The summed E-state index contributed by atoms with van der Waals surface area (Å²) in [6.07, 6.45) is 1.55. The molecule has 122 valence electrons. The van der Waals surface area contributed by atoms with E-state index in [0.29, 0.717) is 21.9 Å². The molecule has 0 aliphatic carbocycles.